The minimum Gasteiger partial charge on any atom is -0.433 e. The van der Waals surface area contributed by atoms with Crippen LogP contribution in [0.3, 0.4) is 0 Å². The zero-order valence-corrected chi connectivity index (χ0v) is 17.2. The summed E-state index contributed by atoms with van der Waals surface area (Å²) >= 11 is 0. The van der Waals surface area contributed by atoms with Gasteiger partial charge in [-0.1, -0.05) is 0 Å². The number of morpholine rings is 1. The minimum atomic E-state index is -5.07. The molecule has 1 atom stereocenters. The van der Waals surface area contributed by atoms with Crippen molar-refractivity contribution in [2.45, 2.75) is 25.3 Å². The number of ether oxygens (including phenoxy) is 2. The third kappa shape index (κ3) is 7.72. The van der Waals surface area contributed by atoms with Crippen LogP contribution in [0.2, 0.25) is 0 Å². The number of alkyl halides is 7. The van der Waals surface area contributed by atoms with Crippen LogP contribution >= 0.6 is 0 Å². The van der Waals surface area contributed by atoms with Crippen LogP contribution in [-0.2, 0) is 19.1 Å². The lowest BCUT2D eigenvalue weighted by molar-refractivity contribution is -0.160. The van der Waals surface area contributed by atoms with Crippen molar-refractivity contribution in [3.63, 3.8) is 0 Å². The average molecular weight is 504 g/mol. The Hall–Kier alpha value is -3.14. The first-order chi connectivity index (χ1) is 15.8. The number of carbonyl (C=O) groups excluding carboxylic acids is 3. The Bertz CT molecular complexity index is 900. The second-order valence-electron chi connectivity index (χ2n) is 6.89. The van der Waals surface area contributed by atoms with E-state index in [1.165, 1.54) is 11.0 Å². The standard InChI is InChI=1S/C18H19F7N4O5/c19-12(20)6-28(8-18(23,24)25)14(15(26)31)16(32)27-10-2-1-9(5-11(10)34-17(21)22)29-3-4-33-7-13(29)30/h1-2,5,12,14,17H,3-4,6-8H2,(H2,26,31)(H,27,32)/t14-/m1/s1. The van der Waals surface area contributed by atoms with Crippen molar-refractivity contribution in [1.82, 2.24) is 4.90 Å². The molecule has 0 spiro atoms. The van der Waals surface area contributed by atoms with Crippen molar-refractivity contribution < 1.29 is 54.6 Å². The second kappa shape index (κ2) is 11.3. The van der Waals surface area contributed by atoms with Gasteiger partial charge in [0.1, 0.15) is 6.61 Å². The number of anilines is 2. The lowest BCUT2D eigenvalue weighted by atomic mass is 10.1. The number of rotatable bonds is 10. The van der Waals surface area contributed by atoms with Crippen molar-refractivity contribution in [1.29, 1.82) is 0 Å². The summed E-state index contributed by atoms with van der Waals surface area (Å²) in [5.74, 6) is -4.49. The highest BCUT2D eigenvalue weighted by Gasteiger charge is 2.40. The van der Waals surface area contributed by atoms with Crippen molar-refractivity contribution in [3.8, 4) is 5.75 Å². The number of nitrogens with two attached hydrogens (primary N) is 1. The van der Waals surface area contributed by atoms with Crippen LogP contribution < -0.4 is 20.7 Å². The number of benzene rings is 1. The summed E-state index contributed by atoms with van der Waals surface area (Å²) < 4.78 is 99.1. The first-order valence-corrected chi connectivity index (χ1v) is 9.44. The number of halogens is 7. The second-order valence-corrected chi connectivity index (χ2v) is 6.89. The molecule has 0 saturated carbocycles. The fourth-order valence-corrected chi connectivity index (χ4v) is 3.11. The van der Waals surface area contributed by atoms with Gasteiger partial charge in [0, 0.05) is 18.3 Å². The predicted molar refractivity (Wildman–Crippen MR) is 101 cm³/mol. The van der Waals surface area contributed by atoms with Gasteiger partial charge in [0.05, 0.1) is 25.4 Å². The third-order valence-electron chi connectivity index (χ3n) is 4.37. The van der Waals surface area contributed by atoms with Crippen LogP contribution in [0.1, 0.15) is 0 Å². The van der Waals surface area contributed by atoms with Crippen LogP contribution in [0.25, 0.3) is 0 Å². The molecule has 190 valence electrons. The molecule has 0 unspecified atom stereocenters. The lowest BCUT2D eigenvalue weighted by Crippen LogP contribution is -2.55. The predicted octanol–water partition coefficient (Wildman–Crippen LogP) is 1.57. The fourth-order valence-electron chi connectivity index (χ4n) is 3.11. The van der Waals surface area contributed by atoms with Crippen LogP contribution in [0.4, 0.5) is 42.1 Å². The first-order valence-electron chi connectivity index (χ1n) is 9.44. The number of nitrogens with one attached hydrogen (secondary N) is 1. The molecule has 1 heterocycles. The summed E-state index contributed by atoms with van der Waals surface area (Å²) in [5, 5.41) is 1.90. The fraction of sp³-hybridized carbons (Fsp3) is 0.500. The minimum absolute atomic E-state index is 0.0719. The largest absolute Gasteiger partial charge is 0.433 e. The van der Waals surface area contributed by atoms with E-state index >= 15 is 0 Å². The van der Waals surface area contributed by atoms with Gasteiger partial charge in [-0.15, -0.1) is 0 Å². The quantitative estimate of drug-likeness (QED) is 0.370. The van der Waals surface area contributed by atoms with Gasteiger partial charge in [-0.25, -0.2) is 8.78 Å². The topological polar surface area (TPSA) is 114 Å². The maximum absolute atomic E-state index is 12.9. The van der Waals surface area contributed by atoms with Crippen molar-refractivity contribution in [2.75, 3.05) is 43.1 Å². The molecule has 1 aliphatic heterocycles. The molecule has 2 rings (SSSR count). The van der Waals surface area contributed by atoms with E-state index < -0.39 is 67.5 Å². The monoisotopic (exact) mass is 504 g/mol. The van der Waals surface area contributed by atoms with E-state index in [0.717, 1.165) is 12.1 Å². The van der Waals surface area contributed by atoms with Gasteiger partial charge in [-0.05, 0) is 12.1 Å². The average Bonchev–Trinajstić information content (AvgIpc) is 2.67. The molecule has 0 bridgehead atoms. The zero-order valence-electron chi connectivity index (χ0n) is 17.2. The Balaban J connectivity index is 2.36. The van der Waals surface area contributed by atoms with E-state index in [1.54, 1.807) is 0 Å². The summed E-state index contributed by atoms with van der Waals surface area (Å²) in [6.45, 7) is -7.17. The Labute approximate surface area is 187 Å². The molecule has 34 heavy (non-hydrogen) atoms. The van der Waals surface area contributed by atoms with Gasteiger partial charge >= 0.3 is 12.8 Å². The molecule has 1 saturated heterocycles. The van der Waals surface area contributed by atoms with E-state index in [-0.39, 0.29) is 30.3 Å². The summed E-state index contributed by atoms with van der Waals surface area (Å²) in [6, 6.07) is 0.600. The number of hydrogen-bond donors (Lipinski definition) is 2. The molecular weight excluding hydrogens is 485 g/mol. The Kier molecular flexibility index (Phi) is 9.03. The van der Waals surface area contributed by atoms with Gasteiger partial charge < -0.3 is 25.4 Å². The Morgan fingerprint density at radius 1 is 1.24 bits per heavy atom. The molecule has 16 heteroatoms. The summed E-state index contributed by atoms with van der Waals surface area (Å²) in [6.07, 6.45) is -8.43. The van der Waals surface area contributed by atoms with E-state index in [9.17, 15) is 45.1 Å². The van der Waals surface area contributed by atoms with Crippen molar-refractivity contribution in [2.24, 2.45) is 5.73 Å². The summed E-state index contributed by atoms with van der Waals surface area (Å²) in [7, 11) is 0. The van der Waals surface area contributed by atoms with Gasteiger partial charge in [-0.3, -0.25) is 19.3 Å². The number of primary amides is 1. The van der Waals surface area contributed by atoms with Gasteiger partial charge in [0.15, 0.2) is 11.8 Å². The molecule has 3 N–H and O–H groups in total. The molecule has 0 aromatic heterocycles. The molecule has 9 nitrogen and oxygen atoms in total. The summed E-state index contributed by atoms with van der Waals surface area (Å²) in [5.41, 5.74) is 4.52. The molecular formula is C18H19F7N4O5. The number of hydrogen-bond acceptors (Lipinski definition) is 6. The maximum atomic E-state index is 12.9. The zero-order chi connectivity index (χ0) is 25.6. The molecule has 1 aliphatic rings. The highest BCUT2D eigenvalue weighted by molar-refractivity contribution is 6.10. The molecule has 1 aromatic carbocycles. The van der Waals surface area contributed by atoms with Gasteiger partial charge in [0.2, 0.25) is 5.91 Å². The van der Waals surface area contributed by atoms with Crippen LogP contribution in [0, 0.1) is 0 Å². The highest BCUT2D eigenvalue weighted by atomic mass is 19.4. The number of amides is 3. The van der Waals surface area contributed by atoms with Crippen LogP contribution in [0.5, 0.6) is 5.75 Å². The molecule has 0 aliphatic carbocycles. The van der Waals surface area contributed by atoms with E-state index in [4.69, 9.17) is 10.5 Å². The summed E-state index contributed by atoms with van der Waals surface area (Å²) in [4.78, 5) is 37.2. The molecule has 1 fully saturated rings. The Morgan fingerprint density at radius 2 is 1.91 bits per heavy atom. The van der Waals surface area contributed by atoms with Crippen molar-refractivity contribution in [3.05, 3.63) is 18.2 Å². The normalized spacial score (nSPS) is 15.7. The van der Waals surface area contributed by atoms with Crippen LogP contribution in [0.15, 0.2) is 18.2 Å². The van der Waals surface area contributed by atoms with Gasteiger partial charge in [0.25, 0.3) is 18.2 Å². The van der Waals surface area contributed by atoms with E-state index in [2.05, 4.69) is 4.74 Å². The van der Waals surface area contributed by atoms with E-state index in [0.29, 0.717) is 0 Å². The smallest absolute Gasteiger partial charge is 0.401 e. The lowest BCUT2D eigenvalue weighted by Gasteiger charge is -2.29. The maximum Gasteiger partial charge on any atom is 0.401 e. The number of carbonyl (C=O) groups is 3. The van der Waals surface area contributed by atoms with Crippen molar-refractivity contribution >= 4 is 29.1 Å². The van der Waals surface area contributed by atoms with Crippen LogP contribution in [-0.4, -0.2) is 80.7 Å². The number of nitrogens with zero attached hydrogens (tertiary/aromatic N) is 2. The Morgan fingerprint density at radius 3 is 2.44 bits per heavy atom. The molecule has 3 amide bonds. The highest BCUT2D eigenvalue weighted by Crippen LogP contribution is 2.32. The molecule has 0 radical (unpaired) electrons. The van der Waals surface area contributed by atoms with Gasteiger partial charge in [-0.2, -0.15) is 22.0 Å². The SMILES string of the molecule is NC(=O)[C@H](C(=O)Nc1ccc(N2CCOCC2=O)cc1OC(F)F)N(CC(F)F)CC(F)(F)F. The first kappa shape index (κ1) is 27.1. The van der Waals surface area contributed by atoms with E-state index in [1.807, 2.05) is 5.32 Å². The third-order valence-corrected chi connectivity index (χ3v) is 4.37. The molecule has 1 aromatic rings.